The molecule has 23 heavy (non-hydrogen) atoms. The molecule has 3 rings (SSSR count). The Balaban J connectivity index is 2.10. The Morgan fingerprint density at radius 3 is 2.78 bits per heavy atom. The molecule has 3 aromatic heterocycles. The number of fused-ring (bicyclic) bond motifs is 1. The summed E-state index contributed by atoms with van der Waals surface area (Å²) in [6.45, 7) is 0.0807. The molecule has 0 radical (unpaired) electrons. The van der Waals surface area contributed by atoms with E-state index in [1.807, 2.05) is 12.1 Å². The van der Waals surface area contributed by atoms with E-state index in [4.69, 9.17) is 10.8 Å². The first kappa shape index (κ1) is 15.1. The Kier molecular flexibility index (Phi) is 4.29. The maximum absolute atomic E-state index is 12.5. The summed E-state index contributed by atoms with van der Waals surface area (Å²) >= 11 is 0. The van der Waals surface area contributed by atoms with Crippen LogP contribution in [-0.4, -0.2) is 37.1 Å². The van der Waals surface area contributed by atoms with Crippen LogP contribution in [0, 0.1) is 0 Å². The number of unbranched alkanes of at least 4 members (excludes halogenated alkanes) is 1. The summed E-state index contributed by atoms with van der Waals surface area (Å²) in [5.41, 5.74) is 8.65. The predicted octanol–water partition coefficient (Wildman–Crippen LogP) is 1.72. The topological polar surface area (TPSA) is 106 Å². The number of hydrogen-bond acceptors (Lipinski definition) is 6. The second kappa shape index (κ2) is 6.53. The Hall–Kier alpha value is -2.80. The summed E-state index contributed by atoms with van der Waals surface area (Å²) in [7, 11) is 0. The third-order valence-electron chi connectivity index (χ3n) is 3.67. The normalized spacial score (nSPS) is 11.0. The SMILES string of the molecule is Nc1ncnn2c(-c3ccncc3)cc(C(=O)CCCCO)c12. The second-order valence-electron chi connectivity index (χ2n) is 5.19. The molecule has 7 nitrogen and oxygen atoms in total. The number of nitrogens with two attached hydrogens (primary N) is 1. The summed E-state index contributed by atoms with van der Waals surface area (Å²) in [6, 6.07) is 5.48. The van der Waals surface area contributed by atoms with Crippen LogP contribution in [-0.2, 0) is 0 Å². The fraction of sp³-hybridized carbons (Fsp3) is 0.250. The van der Waals surface area contributed by atoms with E-state index < -0.39 is 0 Å². The van der Waals surface area contributed by atoms with Gasteiger partial charge in [0.15, 0.2) is 11.6 Å². The molecule has 118 valence electrons. The van der Waals surface area contributed by atoms with Crippen molar-refractivity contribution < 1.29 is 9.90 Å². The number of hydrogen-bond donors (Lipinski definition) is 2. The molecule has 0 aliphatic heterocycles. The third kappa shape index (κ3) is 2.91. The first-order valence-corrected chi connectivity index (χ1v) is 7.39. The Morgan fingerprint density at radius 2 is 2.04 bits per heavy atom. The summed E-state index contributed by atoms with van der Waals surface area (Å²) in [4.78, 5) is 20.5. The van der Waals surface area contributed by atoms with E-state index >= 15 is 0 Å². The van der Waals surface area contributed by atoms with Crippen molar-refractivity contribution in [1.82, 2.24) is 19.6 Å². The number of carbonyl (C=O) groups excluding carboxylic acids is 1. The molecule has 7 heteroatoms. The van der Waals surface area contributed by atoms with Crippen LogP contribution >= 0.6 is 0 Å². The van der Waals surface area contributed by atoms with Crippen molar-refractivity contribution in [2.75, 3.05) is 12.3 Å². The van der Waals surface area contributed by atoms with Gasteiger partial charge in [0.05, 0.1) is 5.69 Å². The van der Waals surface area contributed by atoms with Gasteiger partial charge in [-0.05, 0) is 31.0 Å². The van der Waals surface area contributed by atoms with Crippen LogP contribution < -0.4 is 5.73 Å². The van der Waals surface area contributed by atoms with Gasteiger partial charge < -0.3 is 10.8 Å². The van der Waals surface area contributed by atoms with Crippen molar-refractivity contribution in [2.24, 2.45) is 0 Å². The zero-order valence-corrected chi connectivity index (χ0v) is 12.5. The molecule has 0 aliphatic rings. The van der Waals surface area contributed by atoms with Crippen molar-refractivity contribution in [3.8, 4) is 11.3 Å². The van der Waals surface area contributed by atoms with Gasteiger partial charge in [-0.3, -0.25) is 9.78 Å². The number of aliphatic hydroxyl groups is 1. The van der Waals surface area contributed by atoms with Gasteiger partial charge in [-0.2, -0.15) is 5.10 Å². The van der Waals surface area contributed by atoms with Crippen molar-refractivity contribution >= 4 is 17.1 Å². The monoisotopic (exact) mass is 311 g/mol. The summed E-state index contributed by atoms with van der Waals surface area (Å²) < 4.78 is 1.64. The number of aromatic nitrogens is 4. The molecule has 0 bridgehead atoms. The smallest absolute Gasteiger partial charge is 0.165 e. The van der Waals surface area contributed by atoms with Crippen LogP contribution in [0.4, 0.5) is 5.82 Å². The lowest BCUT2D eigenvalue weighted by atomic mass is 10.1. The van der Waals surface area contributed by atoms with Crippen LogP contribution in [0.25, 0.3) is 16.8 Å². The molecule has 0 saturated carbocycles. The number of aliphatic hydroxyl groups excluding tert-OH is 1. The minimum atomic E-state index is -0.0299. The number of nitrogen functional groups attached to an aromatic ring is 1. The number of Topliss-reactive ketones (excluding diaryl/α,β-unsaturated/α-hetero) is 1. The molecular formula is C16H17N5O2. The summed E-state index contributed by atoms with van der Waals surface area (Å²) in [5, 5.41) is 13.1. The van der Waals surface area contributed by atoms with E-state index in [1.165, 1.54) is 6.33 Å². The molecule has 3 aromatic rings. The molecule has 0 amide bonds. The van der Waals surface area contributed by atoms with Gasteiger partial charge in [0.25, 0.3) is 0 Å². The lowest BCUT2D eigenvalue weighted by Crippen LogP contribution is -2.04. The molecule has 0 saturated heterocycles. The lowest BCUT2D eigenvalue weighted by molar-refractivity contribution is 0.0979. The molecule has 0 spiro atoms. The van der Waals surface area contributed by atoms with E-state index in [0.29, 0.717) is 30.3 Å². The number of pyridine rings is 1. The minimum absolute atomic E-state index is 0.0299. The summed E-state index contributed by atoms with van der Waals surface area (Å²) in [5.74, 6) is 0.239. The first-order chi connectivity index (χ1) is 11.2. The largest absolute Gasteiger partial charge is 0.396 e. The predicted molar refractivity (Wildman–Crippen MR) is 85.9 cm³/mol. The van der Waals surface area contributed by atoms with Crippen LogP contribution in [0.3, 0.4) is 0 Å². The number of ketones is 1. The number of nitrogens with zero attached hydrogens (tertiary/aromatic N) is 4. The molecule has 3 N–H and O–H groups in total. The fourth-order valence-electron chi connectivity index (χ4n) is 2.54. The lowest BCUT2D eigenvalue weighted by Gasteiger charge is -2.03. The number of anilines is 1. The molecule has 0 aromatic carbocycles. The van der Waals surface area contributed by atoms with Crippen molar-refractivity contribution in [2.45, 2.75) is 19.3 Å². The van der Waals surface area contributed by atoms with Crippen molar-refractivity contribution in [3.63, 3.8) is 0 Å². The zero-order chi connectivity index (χ0) is 16.2. The van der Waals surface area contributed by atoms with Gasteiger partial charge in [0.2, 0.25) is 0 Å². The highest BCUT2D eigenvalue weighted by Gasteiger charge is 2.19. The van der Waals surface area contributed by atoms with Crippen LogP contribution in [0.1, 0.15) is 29.6 Å². The quantitative estimate of drug-likeness (QED) is 0.530. The minimum Gasteiger partial charge on any atom is -0.396 e. The fourth-order valence-corrected chi connectivity index (χ4v) is 2.54. The maximum atomic E-state index is 12.5. The Bertz CT molecular complexity index is 829. The van der Waals surface area contributed by atoms with Crippen LogP contribution in [0.2, 0.25) is 0 Å². The molecule has 0 atom stereocenters. The molecule has 0 unspecified atom stereocenters. The first-order valence-electron chi connectivity index (χ1n) is 7.39. The number of rotatable bonds is 6. The summed E-state index contributed by atoms with van der Waals surface area (Å²) in [6.07, 6.45) is 6.31. The highest BCUT2D eigenvalue weighted by Crippen LogP contribution is 2.28. The van der Waals surface area contributed by atoms with E-state index in [0.717, 1.165) is 11.3 Å². The second-order valence-corrected chi connectivity index (χ2v) is 5.19. The highest BCUT2D eigenvalue weighted by molar-refractivity contribution is 6.06. The average Bonchev–Trinajstić information content (AvgIpc) is 2.97. The van der Waals surface area contributed by atoms with E-state index in [1.54, 1.807) is 23.0 Å². The van der Waals surface area contributed by atoms with Gasteiger partial charge in [0, 0.05) is 36.5 Å². The maximum Gasteiger partial charge on any atom is 0.165 e. The van der Waals surface area contributed by atoms with Crippen molar-refractivity contribution in [1.29, 1.82) is 0 Å². The van der Waals surface area contributed by atoms with Crippen LogP contribution in [0.15, 0.2) is 36.9 Å². The van der Waals surface area contributed by atoms with Gasteiger partial charge in [0.1, 0.15) is 11.8 Å². The molecule has 3 heterocycles. The van der Waals surface area contributed by atoms with Gasteiger partial charge >= 0.3 is 0 Å². The zero-order valence-electron chi connectivity index (χ0n) is 12.5. The Morgan fingerprint density at radius 1 is 1.26 bits per heavy atom. The third-order valence-corrected chi connectivity index (χ3v) is 3.67. The van der Waals surface area contributed by atoms with E-state index in [-0.39, 0.29) is 18.2 Å². The van der Waals surface area contributed by atoms with E-state index in [9.17, 15) is 4.79 Å². The van der Waals surface area contributed by atoms with Crippen LogP contribution in [0.5, 0.6) is 0 Å². The molecule has 0 fully saturated rings. The Labute approximate surface area is 132 Å². The standard InChI is InChI=1S/C16H17N5O2/c17-16-15-12(14(23)3-1-2-8-22)9-13(21(15)20-10-19-16)11-4-6-18-7-5-11/h4-7,9-10,22H,1-3,8H2,(H2,17,19,20). The number of carbonyl (C=O) groups is 1. The average molecular weight is 311 g/mol. The molecular weight excluding hydrogens is 294 g/mol. The van der Waals surface area contributed by atoms with Gasteiger partial charge in [-0.15, -0.1) is 0 Å². The van der Waals surface area contributed by atoms with E-state index in [2.05, 4.69) is 15.1 Å². The van der Waals surface area contributed by atoms with Gasteiger partial charge in [-0.25, -0.2) is 9.50 Å². The highest BCUT2D eigenvalue weighted by atomic mass is 16.2. The van der Waals surface area contributed by atoms with Crippen molar-refractivity contribution in [3.05, 3.63) is 42.5 Å². The van der Waals surface area contributed by atoms with Gasteiger partial charge in [-0.1, -0.05) is 0 Å². The molecule has 0 aliphatic carbocycles.